The van der Waals surface area contributed by atoms with Gasteiger partial charge in [0, 0.05) is 17.7 Å². The van der Waals surface area contributed by atoms with Crippen molar-refractivity contribution in [1.29, 1.82) is 0 Å². The van der Waals surface area contributed by atoms with Crippen LogP contribution in [0.1, 0.15) is 30.1 Å². The van der Waals surface area contributed by atoms with Crippen molar-refractivity contribution in [1.82, 2.24) is 5.32 Å². The topological polar surface area (TPSA) is 76.4 Å². The fourth-order valence-electron chi connectivity index (χ4n) is 2.83. The summed E-state index contributed by atoms with van der Waals surface area (Å²) >= 11 is 0. The molecular formula is C15H16FNO4S. The Morgan fingerprint density at radius 1 is 1.41 bits per heavy atom. The summed E-state index contributed by atoms with van der Waals surface area (Å²) in [5.74, 6) is -0.933. The summed E-state index contributed by atoms with van der Waals surface area (Å²) in [5.41, 5.74) is 0.606. The van der Waals surface area contributed by atoms with E-state index in [2.05, 4.69) is 5.32 Å². The minimum Gasteiger partial charge on any atom is -0.463 e. The van der Waals surface area contributed by atoms with Gasteiger partial charge in [0.15, 0.2) is 9.84 Å². The number of nitrogens with one attached hydrogen (secondary N) is 1. The van der Waals surface area contributed by atoms with Gasteiger partial charge < -0.3 is 9.73 Å². The van der Waals surface area contributed by atoms with Gasteiger partial charge in [0.05, 0.1) is 10.3 Å². The maximum Gasteiger partial charge on any atom is 0.255 e. The predicted molar refractivity (Wildman–Crippen MR) is 79.9 cm³/mol. The second-order valence-electron chi connectivity index (χ2n) is 5.82. The van der Waals surface area contributed by atoms with E-state index < -0.39 is 32.4 Å². The third-order valence-corrected chi connectivity index (χ3v) is 6.64. The second kappa shape index (κ2) is 4.81. The van der Waals surface area contributed by atoms with Gasteiger partial charge in [0.2, 0.25) is 0 Å². The van der Waals surface area contributed by atoms with E-state index in [0.717, 1.165) is 0 Å². The van der Waals surface area contributed by atoms with E-state index in [1.165, 1.54) is 30.7 Å². The van der Waals surface area contributed by atoms with Gasteiger partial charge in [-0.2, -0.15) is 0 Å². The maximum atomic E-state index is 13.3. The summed E-state index contributed by atoms with van der Waals surface area (Å²) in [7, 11) is -3.25. The van der Waals surface area contributed by atoms with Crippen molar-refractivity contribution in [2.45, 2.75) is 30.6 Å². The molecule has 0 spiro atoms. The Labute approximate surface area is 127 Å². The molecule has 22 heavy (non-hydrogen) atoms. The number of benzene rings is 1. The normalized spacial score (nSPS) is 18.1. The van der Waals surface area contributed by atoms with Gasteiger partial charge in [0.25, 0.3) is 5.91 Å². The Morgan fingerprint density at radius 2 is 2.09 bits per heavy atom. The third-order valence-electron chi connectivity index (χ3n) is 4.40. The highest BCUT2D eigenvalue weighted by Crippen LogP contribution is 2.46. The van der Waals surface area contributed by atoms with Gasteiger partial charge in [-0.1, -0.05) is 0 Å². The number of carbonyl (C=O) groups excluding carboxylic acids is 1. The molecule has 1 aromatic heterocycles. The molecule has 5 nitrogen and oxygen atoms in total. The lowest BCUT2D eigenvalue weighted by Crippen LogP contribution is -2.46. The van der Waals surface area contributed by atoms with Crippen LogP contribution in [0.4, 0.5) is 4.39 Å². The van der Waals surface area contributed by atoms with Crippen LogP contribution < -0.4 is 5.32 Å². The highest BCUT2D eigenvalue weighted by molar-refractivity contribution is 7.92. The second-order valence-corrected chi connectivity index (χ2v) is 8.18. The van der Waals surface area contributed by atoms with Crippen LogP contribution in [0.25, 0.3) is 11.0 Å². The molecule has 1 saturated carbocycles. The zero-order chi connectivity index (χ0) is 16.1. The van der Waals surface area contributed by atoms with Crippen LogP contribution in [-0.2, 0) is 9.84 Å². The minimum atomic E-state index is -3.25. The van der Waals surface area contributed by atoms with E-state index in [0.29, 0.717) is 23.8 Å². The van der Waals surface area contributed by atoms with E-state index >= 15 is 0 Å². The number of amides is 1. The van der Waals surface area contributed by atoms with Crippen molar-refractivity contribution in [3.8, 4) is 0 Å². The molecule has 0 radical (unpaired) electrons. The highest BCUT2D eigenvalue weighted by atomic mass is 32.2. The van der Waals surface area contributed by atoms with Crippen LogP contribution in [0.3, 0.4) is 0 Å². The third kappa shape index (κ3) is 2.29. The standard InChI is InChI=1S/C15H16FNO4S/c1-9(15(5-6-15)22(2,19)20)17-14(18)12-8-21-13-4-3-10(16)7-11(12)13/h3-4,7-9H,5-6H2,1-2H3,(H,17,18). The molecule has 1 aromatic carbocycles. The van der Waals surface area contributed by atoms with Gasteiger partial charge >= 0.3 is 0 Å². The molecule has 1 heterocycles. The molecular weight excluding hydrogens is 309 g/mol. The molecule has 1 amide bonds. The van der Waals surface area contributed by atoms with Crippen molar-refractivity contribution >= 4 is 26.7 Å². The number of hydrogen-bond acceptors (Lipinski definition) is 4. The first-order valence-corrected chi connectivity index (χ1v) is 8.81. The van der Waals surface area contributed by atoms with Gasteiger partial charge in [-0.15, -0.1) is 0 Å². The first kappa shape index (κ1) is 15.0. The summed E-state index contributed by atoms with van der Waals surface area (Å²) in [6.45, 7) is 1.68. The van der Waals surface area contributed by atoms with Crippen LogP contribution in [-0.4, -0.2) is 31.4 Å². The van der Waals surface area contributed by atoms with Gasteiger partial charge in [-0.3, -0.25) is 4.79 Å². The average molecular weight is 325 g/mol. The zero-order valence-electron chi connectivity index (χ0n) is 12.2. The molecule has 1 aliphatic rings. The first-order valence-electron chi connectivity index (χ1n) is 6.92. The SMILES string of the molecule is CC(NC(=O)c1coc2ccc(F)cc12)C1(S(C)(=O)=O)CC1. The molecule has 0 saturated heterocycles. The van der Waals surface area contributed by atoms with Crippen LogP contribution in [0.5, 0.6) is 0 Å². The zero-order valence-corrected chi connectivity index (χ0v) is 13.0. The van der Waals surface area contributed by atoms with Crippen molar-refractivity contribution < 1.29 is 22.0 Å². The Hall–Kier alpha value is -1.89. The molecule has 1 unspecified atom stereocenters. The number of sulfone groups is 1. The summed E-state index contributed by atoms with van der Waals surface area (Å²) < 4.78 is 41.4. The fourth-order valence-corrected chi connectivity index (χ4v) is 4.38. The summed E-state index contributed by atoms with van der Waals surface area (Å²) in [6, 6.07) is 3.40. The van der Waals surface area contributed by atoms with Crippen molar-refractivity contribution in [3.05, 3.63) is 35.8 Å². The molecule has 7 heteroatoms. The lowest BCUT2D eigenvalue weighted by molar-refractivity contribution is 0.0938. The Morgan fingerprint density at radius 3 is 2.68 bits per heavy atom. The Kier molecular flexibility index (Phi) is 3.28. The lowest BCUT2D eigenvalue weighted by Gasteiger charge is -2.22. The molecule has 118 valence electrons. The van der Waals surface area contributed by atoms with Crippen LogP contribution >= 0.6 is 0 Å². The number of carbonyl (C=O) groups is 1. The molecule has 3 rings (SSSR count). The predicted octanol–water partition coefficient (Wildman–Crippen LogP) is 2.27. The molecule has 1 aliphatic carbocycles. The van der Waals surface area contributed by atoms with E-state index in [1.807, 2.05) is 0 Å². The summed E-state index contributed by atoms with van der Waals surface area (Å²) in [6.07, 6.45) is 3.51. The number of furan rings is 1. The average Bonchev–Trinajstić information content (AvgIpc) is 3.14. The molecule has 1 atom stereocenters. The van der Waals surface area contributed by atoms with Crippen LogP contribution in [0.15, 0.2) is 28.9 Å². The van der Waals surface area contributed by atoms with E-state index in [4.69, 9.17) is 4.42 Å². The van der Waals surface area contributed by atoms with Gasteiger partial charge in [-0.25, -0.2) is 12.8 Å². The minimum absolute atomic E-state index is 0.200. The first-order chi connectivity index (χ1) is 10.2. The van der Waals surface area contributed by atoms with Crippen LogP contribution in [0, 0.1) is 5.82 Å². The molecule has 1 N–H and O–H groups in total. The van der Waals surface area contributed by atoms with Crippen molar-refractivity contribution in [3.63, 3.8) is 0 Å². The Balaban J connectivity index is 1.87. The molecule has 1 fully saturated rings. The van der Waals surface area contributed by atoms with E-state index in [1.54, 1.807) is 6.92 Å². The fraction of sp³-hybridized carbons (Fsp3) is 0.400. The maximum absolute atomic E-state index is 13.3. The monoisotopic (exact) mass is 325 g/mol. The number of halogens is 1. The molecule has 2 aromatic rings. The Bertz CT molecular complexity index is 852. The van der Waals surface area contributed by atoms with Crippen molar-refractivity contribution in [2.24, 2.45) is 0 Å². The van der Waals surface area contributed by atoms with E-state index in [9.17, 15) is 17.6 Å². The number of rotatable bonds is 4. The quantitative estimate of drug-likeness (QED) is 0.935. The highest BCUT2D eigenvalue weighted by Gasteiger charge is 2.56. The van der Waals surface area contributed by atoms with Gasteiger partial charge in [0.1, 0.15) is 17.7 Å². The molecule has 0 bridgehead atoms. The van der Waals surface area contributed by atoms with Crippen molar-refractivity contribution in [2.75, 3.05) is 6.26 Å². The largest absolute Gasteiger partial charge is 0.463 e. The smallest absolute Gasteiger partial charge is 0.255 e. The van der Waals surface area contributed by atoms with Crippen LogP contribution in [0.2, 0.25) is 0 Å². The molecule has 0 aliphatic heterocycles. The van der Waals surface area contributed by atoms with E-state index in [-0.39, 0.29) is 5.56 Å². The lowest BCUT2D eigenvalue weighted by atomic mass is 10.1. The summed E-state index contributed by atoms with van der Waals surface area (Å²) in [5, 5.41) is 3.07. The van der Waals surface area contributed by atoms with Gasteiger partial charge in [-0.05, 0) is 38.0 Å². The summed E-state index contributed by atoms with van der Waals surface area (Å²) in [4.78, 5) is 12.4. The number of hydrogen-bond donors (Lipinski definition) is 1. The number of fused-ring (bicyclic) bond motifs is 1.